The molecule has 0 saturated carbocycles. The molecule has 0 aromatic heterocycles. The van der Waals surface area contributed by atoms with E-state index in [0.717, 1.165) is 38.2 Å². The van der Waals surface area contributed by atoms with E-state index >= 15 is 0 Å². The van der Waals surface area contributed by atoms with Gasteiger partial charge >= 0.3 is 0 Å². The van der Waals surface area contributed by atoms with E-state index in [9.17, 15) is 0 Å². The maximum Gasteiger partial charge on any atom is 0.119 e. The molecule has 3 nitrogen and oxygen atoms in total. The Morgan fingerprint density at radius 1 is 1.28 bits per heavy atom. The van der Waals surface area contributed by atoms with E-state index in [-0.39, 0.29) is 0 Å². The van der Waals surface area contributed by atoms with Gasteiger partial charge in [0.1, 0.15) is 5.75 Å². The van der Waals surface area contributed by atoms with Gasteiger partial charge in [-0.15, -0.1) is 0 Å². The molecule has 102 valence electrons. The molecule has 0 aliphatic carbocycles. The van der Waals surface area contributed by atoms with Gasteiger partial charge in [0.2, 0.25) is 0 Å². The normalized spacial score (nSPS) is 12.4. The molecule has 1 unspecified atom stereocenters. The minimum atomic E-state index is 0.366. The van der Waals surface area contributed by atoms with Crippen LogP contribution in [0.3, 0.4) is 0 Å². The molecule has 0 aliphatic heterocycles. The summed E-state index contributed by atoms with van der Waals surface area (Å²) in [6.07, 6.45) is 3.16. The summed E-state index contributed by atoms with van der Waals surface area (Å²) in [5.41, 5.74) is 1.28. The first kappa shape index (κ1) is 15.0. The topological polar surface area (TPSA) is 30.5 Å². The van der Waals surface area contributed by atoms with Gasteiger partial charge < -0.3 is 14.8 Å². The van der Waals surface area contributed by atoms with Crippen LogP contribution in [0.25, 0.3) is 0 Å². The Hall–Kier alpha value is -1.06. The monoisotopic (exact) mass is 251 g/mol. The molecule has 0 heterocycles. The molecule has 0 aliphatic rings. The summed E-state index contributed by atoms with van der Waals surface area (Å²) in [7, 11) is 3.74. The summed E-state index contributed by atoms with van der Waals surface area (Å²) in [5.74, 6) is 0.960. The highest BCUT2D eigenvalue weighted by Gasteiger charge is 2.09. The predicted octanol–water partition coefficient (Wildman–Crippen LogP) is 3.16. The van der Waals surface area contributed by atoms with Crippen LogP contribution in [0.5, 0.6) is 5.75 Å². The van der Waals surface area contributed by atoms with Crippen molar-refractivity contribution in [1.29, 1.82) is 0 Å². The van der Waals surface area contributed by atoms with Crippen LogP contribution in [-0.4, -0.2) is 27.4 Å². The first-order valence-corrected chi connectivity index (χ1v) is 6.70. The van der Waals surface area contributed by atoms with E-state index in [4.69, 9.17) is 9.47 Å². The van der Waals surface area contributed by atoms with Gasteiger partial charge in [0.05, 0.1) is 6.61 Å². The lowest BCUT2D eigenvalue weighted by Gasteiger charge is -2.17. The van der Waals surface area contributed by atoms with Crippen LogP contribution in [0.2, 0.25) is 0 Å². The highest BCUT2D eigenvalue weighted by atomic mass is 16.5. The Balaban J connectivity index is 2.60. The van der Waals surface area contributed by atoms with Gasteiger partial charge in [-0.05, 0) is 44.0 Å². The highest BCUT2D eigenvalue weighted by Crippen LogP contribution is 2.22. The van der Waals surface area contributed by atoms with Gasteiger partial charge in [-0.1, -0.05) is 19.1 Å². The molecule has 0 spiro atoms. The zero-order valence-corrected chi connectivity index (χ0v) is 11.7. The van der Waals surface area contributed by atoms with E-state index in [2.05, 4.69) is 30.4 Å². The molecule has 0 bridgehead atoms. The number of ether oxygens (including phenoxy) is 2. The molecule has 0 saturated heterocycles. The van der Waals surface area contributed by atoms with Crippen LogP contribution in [0.15, 0.2) is 24.3 Å². The first-order valence-electron chi connectivity index (χ1n) is 6.70. The Labute approximate surface area is 110 Å². The van der Waals surface area contributed by atoms with Crippen molar-refractivity contribution in [2.45, 2.75) is 32.2 Å². The first-order chi connectivity index (χ1) is 8.81. The predicted molar refractivity (Wildman–Crippen MR) is 75.1 cm³/mol. The Kier molecular flexibility index (Phi) is 7.46. The Morgan fingerprint density at radius 3 is 2.78 bits per heavy atom. The number of methoxy groups -OCH3 is 1. The molecule has 1 aromatic rings. The molecule has 18 heavy (non-hydrogen) atoms. The van der Waals surface area contributed by atoms with Crippen molar-refractivity contribution in [2.75, 3.05) is 27.4 Å². The summed E-state index contributed by atoms with van der Waals surface area (Å²) < 4.78 is 10.8. The summed E-state index contributed by atoms with van der Waals surface area (Å²) in [6, 6.07) is 8.71. The van der Waals surface area contributed by atoms with Crippen molar-refractivity contribution in [3.05, 3.63) is 29.8 Å². The van der Waals surface area contributed by atoms with E-state index < -0.39 is 0 Å². The van der Waals surface area contributed by atoms with Crippen LogP contribution in [0.1, 0.15) is 37.8 Å². The van der Waals surface area contributed by atoms with Crippen molar-refractivity contribution < 1.29 is 9.47 Å². The van der Waals surface area contributed by atoms with Gasteiger partial charge in [-0.25, -0.2) is 0 Å². The third-order valence-corrected chi connectivity index (χ3v) is 2.92. The average Bonchev–Trinajstić information content (AvgIpc) is 2.42. The third-order valence-electron chi connectivity index (χ3n) is 2.92. The maximum atomic E-state index is 5.66. The quantitative estimate of drug-likeness (QED) is 0.684. The fourth-order valence-electron chi connectivity index (χ4n) is 1.95. The SMILES string of the molecule is CCCOc1cccc(C(CCCOC)NC)c1. The maximum absolute atomic E-state index is 5.66. The lowest BCUT2D eigenvalue weighted by molar-refractivity contribution is 0.189. The molecular formula is C15H25NO2. The molecule has 3 heteroatoms. The third kappa shape index (κ3) is 5.07. The number of hydrogen-bond acceptors (Lipinski definition) is 3. The standard InChI is InChI=1S/C15H25NO2/c1-4-10-18-14-8-5-7-13(12-14)15(16-2)9-6-11-17-3/h5,7-8,12,15-16H,4,6,9-11H2,1-3H3. The summed E-state index contributed by atoms with van der Waals surface area (Å²) in [6.45, 7) is 3.70. The average molecular weight is 251 g/mol. The van der Waals surface area contributed by atoms with Crippen LogP contribution in [-0.2, 0) is 4.74 Å². The smallest absolute Gasteiger partial charge is 0.119 e. The minimum absolute atomic E-state index is 0.366. The lowest BCUT2D eigenvalue weighted by Crippen LogP contribution is -2.17. The van der Waals surface area contributed by atoms with Gasteiger partial charge in [0.15, 0.2) is 0 Å². The van der Waals surface area contributed by atoms with Crippen molar-refractivity contribution in [2.24, 2.45) is 0 Å². The van der Waals surface area contributed by atoms with Crippen LogP contribution in [0, 0.1) is 0 Å². The van der Waals surface area contributed by atoms with Gasteiger partial charge in [-0.2, -0.15) is 0 Å². The molecular weight excluding hydrogens is 226 g/mol. The second-order valence-corrected chi connectivity index (χ2v) is 4.40. The van der Waals surface area contributed by atoms with Crippen molar-refractivity contribution in [1.82, 2.24) is 5.32 Å². The molecule has 0 amide bonds. The van der Waals surface area contributed by atoms with Gasteiger partial charge in [-0.3, -0.25) is 0 Å². The fourth-order valence-corrected chi connectivity index (χ4v) is 1.95. The largest absolute Gasteiger partial charge is 0.494 e. The van der Waals surface area contributed by atoms with Crippen LogP contribution < -0.4 is 10.1 Å². The highest BCUT2D eigenvalue weighted by molar-refractivity contribution is 5.30. The van der Waals surface area contributed by atoms with E-state index in [1.54, 1.807) is 7.11 Å². The van der Waals surface area contributed by atoms with E-state index in [1.165, 1.54) is 5.56 Å². The second kappa shape index (κ2) is 8.95. The number of rotatable bonds is 9. The minimum Gasteiger partial charge on any atom is -0.494 e. The van der Waals surface area contributed by atoms with Crippen molar-refractivity contribution in [3.8, 4) is 5.75 Å². The van der Waals surface area contributed by atoms with Crippen molar-refractivity contribution >= 4 is 0 Å². The van der Waals surface area contributed by atoms with Gasteiger partial charge in [0, 0.05) is 19.8 Å². The number of benzene rings is 1. The lowest BCUT2D eigenvalue weighted by atomic mass is 10.0. The molecule has 0 fully saturated rings. The molecule has 1 rings (SSSR count). The second-order valence-electron chi connectivity index (χ2n) is 4.40. The zero-order chi connectivity index (χ0) is 13.2. The Morgan fingerprint density at radius 2 is 2.11 bits per heavy atom. The van der Waals surface area contributed by atoms with Gasteiger partial charge in [0.25, 0.3) is 0 Å². The van der Waals surface area contributed by atoms with E-state index in [1.807, 2.05) is 13.1 Å². The molecule has 1 aromatic carbocycles. The van der Waals surface area contributed by atoms with Crippen molar-refractivity contribution in [3.63, 3.8) is 0 Å². The summed E-state index contributed by atoms with van der Waals surface area (Å²) >= 11 is 0. The Bertz CT molecular complexity index is 328. The number of hydrogen-bond donors (Lipinski definition) is 1. The molecule has 1 N–H and O–H groups in total. The zero-order valence-electron chi connectivity index (χ0n) is 11.7. The number of nitrogens with one attached hydrogen (secondary N) is 1. The summed E-state index contributed by atoms with van der Waals surface area (Å²) in [4.78, 5) is 0. The van der Waals surface area contributed by atoms with Crippen LogP contribution in [0.4, 0.5) is 0 Å². The summed E-state index contributed by atoms with van der Waals surface area (Å²) in [5, 5.41) is 3.35. The van der Waals surface area contributed by atoms with E-state index in [0.29, 0.717) is 6.04 Å². The molecule has 0 radical (unpaired) electrons. The molecule has 1 atom stereocenters. The van der Waals surface area contributed by atoms with Crippen LogP contribution >= 0.6 is 0 Å². The fraction of sp³-hybridized carbons (Fsp3) is 0.600.